The molecule has 7 atom stereocenters. The second kappa shape index (κ2) is 11.5. The fraction of sp³-hybridized carbons (Fsp3) is 0.677. The van der Waals surface area contributed by atoms with Gasteiger partial charge < -0.3 is 29.6 Å². The molecule has 0 spiro atoms. The average Bonchev–Trinajstić information content (AvgIpc) is 3.27. The number of rotatable bonds is 9. The van der Waals surface area contributed by atoms with Crippen molar-refractivity contribution in [2.24, 2.45) is 28.1 Å². The Labute approximate surface area is 233 Å². The molecular weight excluding hydrogens is 493 g/mol. The fourth-order valence-corrected chi connectivity index (χ4v) is 7.46. The molecule has 8 heteroatoms. The predicted octanol–water partition coefficient (Wildman–Crippen LogP) is 3.68. The van der Waals surface area contributed by atoms with Crippen molar-refractivity contribution in [2.75, 3.05) is 6.54 Å². The zero-order valence-electron chi connectivity index (χ0n) is 24.3. The van der Waals surface area contributed by atoms with Gasteiger partial charge >= 0.3 is 13.1 Å². The first-order chi connectivity index (χ1) is 18.3. The van der Waals surface area contributed by atoms with Gasteiger partial charge in [-0.2, -0.15) is 0 Å². The van der Waals surface area contributed by atoms with Gasteiger partial charge in [-0.05, 0) is 72.9 Å². The third-order valence-electron chi connectivity index (χ3n) is 10.6. The van der Waals surface area contributed by atoms with Crippen molar-refractivity contribution in [3.63, 3.8) is 0 Å². The lowest BCUT2D eigenvalue weighted by Crippen LogP contribution is -2.58. The van der Waals surface area contributed by atoms with Crippen LogP contribution in [-0.2, 0) is 32.1 Å². The zero-order valence-corrected chi connectivity index (χ0v) is 24.3. The van der Waals surface area contributed by atoms with Crippen molar-refractivity contribution < 1.29 is 29.1 Å². The van der Waals surface area contributed by atoms with E-state index in [1.807, 2.05) is 31.2 Å². The van der Waals surface area contributed by atoms with E-state index in [0.29, 0.717) is 31.9 Å². The van der Waals surface area contributed by atoms with Gasteiger partial charge in [0.2, 0.25) is 0 Å². The Kier molecular flexibility index (Phi) is 8.82. The summed E-state index contributed by atoms with van der Waals surface area (Å²) in [6.07, 6.45) is 5.24. The Balaban J connectivity index is 1.51. The number of esters is 1. The van der Waals surface area contributed by atoms with Gasteiger partial charge in [-0.3, -0.25) is 4.79 Å². The number of nitrogens with one attached hydrogen (secondary N) is 1. The molecule has 4 rings (SSSR count). The summed E-state index contributed by atoms with van der Waals surface area (Å²) in [5, 5.41) is 24.8. The van der Waals surface area contributed by atoms with Crippen molar-refractivity contribution in [2.45, 2.75) is 98.5 Å². The summed E-state index contributed by atoms with van der Waals surface area (Å²) in [5.41, 5.74) is 1.57. The van der Waals surface area contributed by atoms with Crippen LogP contribution in [0.25, 0.3) is 0 Å². The molecule has 0 radical (unpaired) electrons. The highest BCUT2D eigenvalue weighted by Gasteiger charge is 2.58. The Morgan fingerprint density at radius 3 is 2.74 bits per heavy atom. The van der Waals surface area contributed by atoms with Crippen LogP contribution >= 0.6 is 0 Å². The van der Waals surface area contributed by atoms with Crippen LogP contribution in [0, 0.1) is 28.1 Å². The molecule has 1 aromatic rings. The number of ether oxygens (including phenoxy) is 1. The lowest BCUT2D eigenvalue weighted by atomic mass is 9.47. The molecule has 3 N–H and O–H groups in total. The van der Waals surface area contributed by atoms with Gasteiger partial charge in [0.15, 0.2) is 0 Å². The molecular formula is C31H46BNO6. The minimum Gasteiger partial charge on any atom is -0.461 e. The molecule has 3 aliphatic rings. The zero-order chi connectivity index (χ0) is 28.6. The number of benzene rings is 1. The highest BCUT2D eigenvalue weighted by Crippen LogP contribution is 2.62. The summed E-state index contributed by atoms with van der Waals surface area (Å²) < 4.78 is 11.5. The monoisotopic (exact) mass is 539 g/mol. The number of fused-ring (bicyclic) bond motifs is 3. The minimum absolute atomic E-state index is 0.0127. The highest BCUT2D eigenvalue weighted by atomic mass is 16.5. The van der Waals surface area contributed by atoms with Crippen LogP contribution in [0.4, 0.5) is 0 Å². The molecule has 0 unspecified atom stereocenters. The first kappa shape index (κ1) is 30.0. The molecule has 1 aromatic carbocycles. The smallest absolute Gasteiger partial charge is 0.461 e. The van der Waals surface area contributed by atoms with Crippen LogP contribution in [0.5, 0.6) is 0 Å². The summed E-state index contributed by atoms with van der Waals surface area (Å²) in [6, 6.07) is 5.82. The van der Waals surface area contributed by atoms with Crippen molar-refractivity contribution in [3.05, 3.63) is 42.0 Å². The maximum absolute atomic E-state index is 13.2. The molecule has 214 valence electrons. The maximum Gasteiger partial charge on any atom is 0.491 e. The average molecular weight is 540 g/mol. The predicted molar refractivity (Wildman–Crippen MR) is 152 cm³/mol. The summed E-state index contributed by atoms with van der Waals surface area (Å²) in [7, 11) is -0.901. The van der Waals surface area contributed by atoms with E-state index in [0.717, 1.165) is 42.3 Å². The fourth-order valence-electron chi connectivity index (χ4n) is 7.46. The second-order valence-electron chi connectivity index (χ2n) is 13.1. The van der Waals surface area contributed by atoms with E-state index >= 15 is 0 Å². The van der Waals surface area contributed by atoms with E-state index in [1.54, 1.807) is 6.92 Å². The number of aliphatic hydroxyl groups excluding tert-OH is 1. The van der Waals surface area contributed by atoms with Gasteiger partial charge in [-0.1, -0.05) is 52.0 Å². The number of hydrogen-bond donors (Lipinski definition) is 3. The number of carbonyl (C=O) groups excluding carboxylic acids is 2. The Morgan fingerprint density at radius 1 is 1.31 bits per heavy atom. The van der Waals surface area contributed by atoms with Crippen LogP contribution in [0.2, 0.25) is 0 Å². The quantitative estimate of drug-likeness (QED) is 0.250. The molecule has 2 aliphatic carbocycles. The van der Waals surface area contributed by atoms with E-state index in [2.05, 4.69) is 32.7 Å². The van der Waals surface area contributed by atoms with Gasteiger partial charge in [-0.15, -0.1) is 6.58 Å². The van der Waals surface area contributed by atoms with Gasteiger partial charge in [0.05, 0.1) is 19.3 Å². The van der Waals surface area contributed by atoms with Crippen molar-refractivity contribution in [1.82, 2.24) is 5.32 Å². The van der Waals surface area contributed by atoms with E-state index in [-0.39, 0.29) is 35.0 Å². The summed E-state index contributed by atoms with van der Waals surface area (Å²) in [4.78, 5) is 25.2. The number of aliphatic hydroxyl groups is 1. The molecule has 0 amide bonds. The van der Waals surface area contributed by atoms with Crippen LogP contribution in [0.3, 0.4) is 0 Å². The Hall–Kier alpha value is -2.00. The summed E-state index contributed by atoms with van der Waals surface area (Å²) >= 11 is 0. The molecule has 1 aliphatic heterocycles. The summed E-state index contributed by atoms with van der Waals surface area (Å²) in [6.45, 7) is 15.2. The maximum atomic E-state index is 13.2. The highest BCUT2D eigenvalue weighted by molar-refractivity contribution is 6.61. The minimum atomic E-state index is -0.901. The molecule has 2 fully saturated rings. The Morgan fingerprint density at radius 2 is 2.05 bits per heavy atom. The third kappa shape index (κ3) is 5.90. The normalized spacial score (nSPS) is 36.0. The lowest BCUT2D eigenvalue weighted by molar-refractivity contribution is -0.188. The van der Waals surface area contributed by atoms with Crippen LogP contribution in [-0.4, -0.2) is 47.8 Å². The number of hydrogen-bond acceptors (Lipinski definition) is 7. The number of Topliss-reactive ketones (excluding diaryl/α,β-unsaturated/α-hetero) is 1. The largest absolute Gasteiger partial charge is 0.491 e. The summed E-state index contributed by atoms with van der Waals surface area (Å²) in [5.74, 6) is 0.151. The molecule has 0 aromatic heterocycles. The van der Waals surface area contributed by atoms with Crippen molar-refractivity contribution in [1.29, 1.82) is 0 Å². The molecule has 0 saturated heterocycles. The first-order valence-corrected chi connectivity index (χ1v) is 14.5. The van der Waals surface area contributed by atoms with Crippen LogP contribution < -0.4 is 10.8 Å². The SMILES string of the molecule is C=C[C@]1(C)C[C@@H](OC(=O)CNCc2ccc3c(c2)B(O)OC3)[C@@]2(C)C[C@](CCC(C)=O)(CC[C@H]2C)[C@@H](C)[C@@H]1O. The van der Waals surface area contributed by atoms with Gasteiger partial charge in [0.25, 0.3) is 0 Å². The first-order valence-electron chi connectivity index (χ1n) is 14.5. The van der Waals surface area contributed by atoms with Gasteiger partial charge in [0, 0.05) is 23.8 Å². The van der Waals surface area contributed by atoms with Gasteiger partial charge in [-0.25, -0.2) is 0 Å². The second-order valence-corrected chi connectivity index (χ2v) is 13.1. The lowest BCUT2D eigenvalue weighted by Gasteiger charge is -2.60. The van der Waals surface area contributed by atoms with E-state index in [4.69, 9.17) is 9.39 Å². The van der Waals surface area contributed by atoms with Crippen molar-refractivity contribution in [3.8, 4) is 0 Å². The van der Waals surface area contributed by atoms with Gasteiger partial charge in [0.1, 0.15) is 11.9 Å². The van der Waals surface area contributed by atoms with Crippen LogP contribution in [0.1, 0.15) is 84.3 Å². The number of ketones is 1. The molecule has 2 bridgehead atoms. The van der Waals surface area contributed by atoms with Crippen LogP contribution in [0.15, 0.2) is 30.9 Å². The van der Waals surface area contributed by atoms with E-state index in [1.165, 1.54) is 0 Å². The topological polar surface area (TPSA) is 105 Å². The number of carbonyl (C=O) groups is 2. The van der Waals surface area contributed by atoms with E-state index < -0.39 is 24.7 Å². The van der Waals surface area contributed by atoms with E-state index in [9.17, 15) is 19.7 Å². The molecule has 2 saturated carbocycles. The molecule has 1 heterocycles. The molecule has 39 heavy (non-hydrogen) atoms. The molecule has 7 nitrogen and oxygen atoms in total. The third-order valence-corrected chi connectivity index (χ3v) is 10.6. The Bertz CT molecular complexity index is 1090. The standard InChI is InChI=1S/C31H46BNO6/c1-7-29(5)15-26(39-27(35)17-33-16-23-8-9-24-18-38-32(37)25(24)14-23)30(6)19-31(12-10-20(30)2,13-11-21(3)34)22(4)28(29)36/h7-9,14,20,22,26,28,33,36-37H,1,10-13,15-19H2,2-6H3/t20-,22+,26-,28+,29-,30+,31-/m1/s1. The van der Waals surface area contributed by atoms with Crippen molar-refractivity contribution >= 4 is 24.3 Å².